The Morgan fingerprint density at radius 1 is 1.11 bits per heavy atom. The summed E-state index contributed by atoms with van der Waals surface area (Å²) in [4.78, 5) is 13.8. The molecule has 1 aromatic rings. The second-order valence-corrected chi connectivity index (χ2v) is 10.4. The molecule has 5 saturated carbocycles. The Labute approximate surface area is 174 Å². The van der Waals surface area contributed by atoms with Crippen molar-refractivity contribution in [3.8, 4) is 17.9 Å². The van der Waals surface area contributed by atoms with Gasteiger partial charge in [-0.15, -0.1) is 0 Å². The maximum atomic E-state index is 13.8. The van der Waals surface area contributed by atoms with Gasteiger partial charge in [0.25, 0.3) is 0 Å². The van der Waals surface area contributed by atoms with Gasteiger partial charge < -0.3 is 4.74 Å². The average molecular weight is 439 g/mol. The molecular weight excluding hydrogens is 416 g/mol. The van der Waals surface area contributed by atoms with E-state index in [4.69, 9.17) is 4.74 Å². The fourth-order valence-electron chi connectivity index (χ4n) is 7.12. The zero-order valence-electron chi connectivity index (χ0n) is 16.0. The van der Waals surface area contributed by atoms with E-state index in [2.05, 4.69) is 28.1 Å². The van der Waals surface area contributed by atoms with Gasteiger partial charge >= 0.3 is 0 Å². The van der Waals surface area contributed by atoms with E-state index in [0.29, 0.717) is 23.5 Å². The molecule has 1 unspecified atom stereocenters. The second kappa shape index (κ2) is 6.07. The van der Waals surface area contributed by atoms with Crippen LogP contribution in [0.25, 0.3) is 0 Å². The molecule has 0 saturated heterocycles. The van der Waals surface area contributed by atoms with Crippen LogP contribution in [0.4, 0.5) is 0 Å². The fourth-order valence-corrected chi connectivity index (χ4v) is 7.68. The summed E-state index contributed by atoms with van der Waals surface area (Å²) in [6.07, 6.45) is 6.73. The van der Waals surface area contributed by atoms with Crippen LogP contribution in [0, 0.1) is 57.2 Å². The van der Waals surface area contributed by atoms with Crippen LogP contribution in [-0.2, 0) is 4.79 Å². The number of nitrogens with zero attached hydrogens (tertiary/aromatic N) is 2. The highest BCUT2D eigenvalue weighted by Gasteiger charge is 2.73. The molecule has 0 aliphatic heterocycles. The van der Waals surface area contributed by atoms with Gasteiger partial charge in [-0.25, -0.2) is 0 Å². The zero-order valence-corrected chi connectivity index (χ0v) is 17.5. The van der Waals surface area contributed by atoms with Gasteiger partial charge in [-0.3, -0.25) is 4.79 Å². The van der Waals surface area contributed by atoms with E-state index in [1.807, 2.05) is 18.2 Å². The Morgan fingerprint density at radius 2 is 1.68 bits per heavy atom. The molecule has 5 heteroatoms. The van der Waals surface area contributed by atoms with Crippen LogP contribution in [0.3, 0.4) is 0 Å². The van der Waals surface area contributed by atoms with E-state index in [9.17, 15) is 15.3 Å². The number of halogens is 1. The summed E-state index contributed by atoms with van der Waals surface area (Å²) < 4.78 is 6.08. The van der Waals surface area contributed by atoms with Gasteiger partial charge in [-0.1, -0.05) is 6.07 Å². The third-order valence-electron chi connectivity index (χ3n) is 7.95. The van der Waals surface area contributed by atoms with Crippen molar-refractivity contribution in [3.63, 3.8) is 0 Å². The summed E-state index contributed by atoms with van der Waals surface area (Å²) in [6.45, 7) is 0. The van der Waals surface area contributed by atoms with Gasteiger partial charge in [0.1, 0.15) is 11.5 Å². The molecule has 0 heterocycles. The molecule has 5 aliphatic carbocycles. The maximum absolute atomic E-state index is 13.8. The van der Waals surface area contributed by atoms with E-state index in [1.54, 1.807) is 7.11 Å². The smallest absolute Gasteiger partial charge is 0.161 e. The number of ether oxygens (including phenoxy) is 1. The lowest BCUT2D eigenvalue weighted by Gasteiger charge is -2.56. The van der Waals surface area contributed by atoms with Gasteiger partial charge in [-0.05, 0) is 89.9 Å². The lowest BCUT2D eigenvalue weighted by molar-refractivity contribution is -0.145. The number of methoxy groups -OCH3 is 1. The minimum Gasteiger partial charge on any atom is -0.496 e. The van der Waals surface area contributed by atoms with E-state index in [-0.39, 0.29) is 17.1 Å². The molecule has 4 bridgehead atoms. The summed E-state index contributed by atoms with van der Waals surface area (Å²) in [6, 6.07) is 10.1. The predicted octanol–water partition coefficient (Wildman–Crippen LogP) is 4.99. The third-order valence-corrected chi connectivity index (χ3v) is 8.57. The van der Waals surface area contributed by atoms with Crippen molar-refractivity contribution in [1.82, 2.24) is 0 Å². The predicted molar refractivity (Wildman–Crippen MR) is 106 cm³/mol. The van der Waals surface area contributed by atoms with Gasteiger partial charge in [-0.2, -0.15) is 10.5 Å². The van der Waals surface area contributed by atoms with Crippen LogP contribution in [-0.4, -0.2) is 12.9 Å². The molecular formula is C23H23BrN2O2. The number of hydrogen-bond donors (Lipinski definition) is 0. The summed E-state index contributed by atoms with van der Waals surface area (Å²) in [5, 5.41) is 19.8. The van der Waals surface area contributed by atoms with E-state index >= 15 is 0 Å². The molecule has 0 N–H and O–H groups in total. The minimum absolute atomic E-state index is 0.201. The summed E-state index contributed by atoms with van der Waals surface area (Å²) in [5.74, 6) is 2.06. The Hall–Kier alpha value is -1.85. The van der Waals surface area contributed by atoms with Crippen LogP contribution in [0.2, 0.25) is 0 Å². The van der Waals surface area contributed by atoms with Crippen molar-refractivity contribution in [1.29, 1.82) is 10.5 Å². The molecule has 28 heavy (non-hydrogen) atoms. The molecule has 4 nitrogen and oxygen atoms in total. The van der Waals surface area contributed by atoms with Crippen LogP contribution in [0.1, 0.15) is 50.0 Å². The van der Waals surface area contributed by atoms with Gasteiger partial charge in [0, 0.05) is 11.3 Å². The van der Waals surface area contributed by atoms with Crippen molar-refractivity contribution in [2.24, 2.45) is 34.5 Å². The Morgan fingerprint density at radius 3 is 2.14 bits per heavy atom. The molecule has 5 fully saturated rings. The first kappa shape index (κ1) is 18.2. The Bertz CT molecular complexity index is 892. The number of carbonyl (C=O) groups is 1. The summed E-state index contributed by atoms with van der Waals surface area (Å²) in [7, 11) is 1.60. The first-order valence-corrected chi connectivity index (χ1v) is 11.0. The summed E-state index contributed by atoms with van der Waals surface area (Å²) in [5.41, 5.74) is -0.635. The highest BCUT2D eigenvalue weighted by Crippen LogP contribution is 2.70. The highest BCUT2D eigenvalue weighted by molar-refractivity contribution is 9.10. The topological polar surface area (TPSA) is 73.9 Å². The third kappa shape index (κ3) is 2.35. The van der Waals surface area contributed by atoms with Crippen molar-refractivity contribution < 1.29 is 9.53 Å². The van der Waals surface area contributed by atoms with E-state index < -0.39 is 11.3 Å². The molecule has 2 atom stereocenters. The number of rotatable bonds is 4. The first-order chi connectivity index (χ1) is 13.5. The number of nitriles is 2. The van der Waals surface area contributed by atoms with Crippen molar-refractivity contribution in [3.05, 3.63) is 28.2 Å². The van der Waals surface area contributed by atoms with Crippen LogP contribution < -0.4 is 4.74 Å². The van der Waals surface area contributed by atoms with Crippen LogP contribution in [0.5, 0.6) is 5.75 Å². The van der Waals surface area contributed by atoms with Crippen molar-refractivity contribution in [2.45, 2.75) is 44.4 Å². The average Bonchev–Trinajstić information content (AvgIpc) is 3.35. The molecule has 0 aromatic heterocycles. The quantitative estimate of drug-likeness (QED) is 0.663. The van der Waals surface area contributed by atoms with E-state index in [1.165, 1.54) is 19.3 Å². The number of benzene rings is 1. The lowest BCUT2D eigenvalue weighted by Crippen LogP contribution is -2.50. The number of Topliss-reactive ketones (excluding diaryl/α,β-unsaturated/α-hetero) is 1. The fraction of sp³-hybridized carbons (Fsp3) is 0.609. The monoisotopic (exact) mass is 438 g/mol. The highest BCUT2D eigenvalue weighted by atomic mass is 79.9. The molecule has 144 valence electrons. The van der Waals surface area contributed by atoms with Gasteiger partial charge in [0.15, 0.2) is 5.41 Å². The zero-order chi connectivity index (χ0) is 19.7. The molecule has 0 radical (unpaired) electrons. The number of carbonyl (C=O) groups excluding carboxylic acids is 1. The largest absolute Gasteiger partial charge is 0.496 e. The molecule has 0 amide bonds. The second-order valence-electron chi connectivity index (χ2n) is 9.50. The van der Waals surface area contributed by atoms with Gasteiger partial charge in [0.05, 0.1) is 29.6 Å². The summed E-state index contributed by atoms with van der Waals surface area (Å²) >= 11 is 3.50. The maximum Gasteiger partial charge on any atom is 0.161 e. The lowest BCUT2D eigenvalue weighted by atomic mass is 9.48. The molecule has 1 aromatic carbocycles. The number of hydrogen-bond acceptors (Lipinski definition) is 4. The molecule has 0 spiro atoms. The number of ketones is 1. The van der Waals surface area contributed by atoms with Crippen molar-refractivity contribution in [2.75, 3.05) is 7.11 Å². The van der Waals surface area contributed by atoms with Crippen LogP contribution in [0.15, 0.2) is 22.7 Å². The molecule has 6 rings (SSSR count). The van der Waals surface area contributed by atoms with Crippen LogP contribution >= 0.6 is 15.9 Å². The normalized spacial score (nSPS) is 39.1. The van der Waals surface area contributed by atoms with E-state index in [0.717, 1.165) is 29.3 Å². The SMILES string of the molecule is COc1ccc(C2[C@H](C(=O)C34CC5CC(CC(C5)C3)C4)C2(C#N)C#N)cc1Br. The van der Waals surface area contributed by atoms with Crippen molar-refractivity contribution >= 4 is 21.7 Å². The Balaban J connectivity index is 1.50. The van der Waals surface area contributed by atoms with Gasteiger partial charge in [0.2, 0.25) is 0 Å². The standard InChI is InChI=1S/C23H23BrN2O2/c1-28-18-3-2-16(7-17(18)24)19-20(23(19,11-25)12-26)21(27)22-8-13-4-14(9-22)6-15(5-13)10-22/h2-3,7,13-15,19-20H,4-6,8-10H2,1H3/t13?,14?,15?,19?,20-,22?/m1/s1. The Kier molecular flexibility index (Phi) is 3.95. The minimum atomic E-state index is -1.23. The first-order valence-electron chi connectivity index (χ1n) is 10.2. The molecule has 5 aliphatic rings.